The monoisotopic (exact) mass is 407 g/mol. The summed E-state index contributed by atoms with van der Waals surface area (Å²) >= 11 is 3.01. The standard InChI is InChI=1S/C20H17N5OS2/c1-2-27-18-12-15(8-10-21-18)19(26)24-20-23-17(13-28-20)14-4-6-16(7-5-14)25-11-3-9-22-25/h3-13H,2H2,1H3,(H,23,24,26). The molecule has 8 heteroatoms. The third-order valence-corrected chi connectivity index (χ3v) is 5.51. The molecule has 3 heterocycles. The number of benzene rings is 1. The molecule has 0 saturated carbocycles. The molecule has 0 spiro atoms. The van der Waals surface area contributed by atoms with Crippen molar-refractivity contribution in [2.75, 3.05) is 11.1 Å². The van der Waals surface area contributed by atoms with Crippen LogP contribution < -0.4 is 5.32 Å². The molecule has 0 aliphatic rings. The van der Waals surface area contributed by atoms with Gasteiger partial charge in [0, 0.05) is 35.1 Å². The topological polar surface area (TPSA) is 72.7 Å². The van der Waals surface area contributed by atoms with Gasteiger partial charge < -0.3 is 0 Å². The number of thioether (sulfide) groups is 1. The number of carbonyl (C=O) groups excluding carboxylic acids is 1. The summed E-state index contributed by atoms with van der Waals surface area (Å²) in [6.07, 6.45) is 5.30. The van der Waals surface area contributed by atoms with Gasteiger partial charge in [-0.15, -0.1) is 23.1 Å². The van der Waals surface area contributed by atoms with E-state index >= 15 is 0 Å². The van der Waals surface area contributed by atoms with Crippen LogP contribution in [0, 0.1) is 0 Å². The zero-order valence-corrected chi connectivity index (χ0v) is 16.7. The number of aromatic nitrogens is 4. The zero-order chi connectivity index (χ0) is 19.3. The van der Waals surface area contributed by atoms with E-state index < -0.39 is 0 Å². The van der Waals surface area contributed by atoms with Crippen molar-refractivity contribution in [3.8, 4) is 16.9 Å². The molecular formula is C20H17N5OS2. The molecule has 6 nitrogen and oxygen atoms in total. The van der Waals surface area contributed by atoms with Crippen LogP contribution in [0.1, 0.15) is 17.3 Å². The number of thiazole rings is 1. The van der Waals surface area contributed by atoms with E-state index in [1.807, 2.05) is 41.9 Å². The van der Waals surface area contributed by atoms with E-state index in [9.17, 15) is 4.79 Å². The molecule has 0 unspecified atom stereocenters. The largest absolute Gasteiger partial charge is 0.298 e. The second-order valence-corrected chi connectivity index (χ2v) is 7.95. The van der Waals surface area contributed by atoms with E-state index in [4.69, 9.17) is 0 Å². The van der Waals surface area contributed by atoms with Crippen molar-refractivity contribution in [3.63, 3.8) is 0 Å². The van der Waals surface area contributed by atoms with E-state index in [-0.39, 0.29) is 5.91 Å². The van der Waals surface area contributed by atoms with Crippen molar-refractivity contribution in [2.24, 2.45) is 0 Å². The summed E-state index contributed by atoms with van der Waals surface area (Å²) in [6.45, 7) is 2.05. The first-order chi connectivity index (χ1) is 13.7. The van der Waals surface area contributed by atoms with Crippen LogP contribution in [-0.2, 0) is 0 Å². The van der Waals surface area contributed by atoms with Gasteiger partial charge in [0.1, 0.15) is 0 Å². The average Bonchev–Trinajstić information content (AvgIpc) is 3.41. The molecule has 0 aliphatic carbocycles. The molecule has 0 radical (unpaired) electrons. The van der Waals surface area contributed by atoms with Crippen molar-refractivity contribution < 1.29 is 4.79 Å². The quantitative estimate of drug-likeness (QED) is 0.467. The fourth-order valence-electron chi connectivity index (χ4n) is 2.62. The normalized spacial score (nSPS) is 10.8. The minimum absolute atomic E-state index is 0.185. The van der Waals surface area contributed by atoms with Crippen LogP contribution in [0.2, 0.25) is 0 Å². The van der Waals surface area contributed by atoms with Gasteiger partial charge in [-0.05, 0) is 36.1 Å². The maximum atomic E-state index is 12.5. The molecule has 4 aromatic rings. The highest BCUT2D eigenvalue weighted by atomic mass is 32.2. The summed E-state index contributed by atoms with van der Waals surface area (Å²) in [5.74, 6) is 0.725. The van der Waals surface area contributed by atoms with Crippen molar-refractivity contribution >= 4 is 34.1 Å². The smallest absolute Gasteiger partial charge is 0.257 e. The Balaban J connectivity index is 1.47. The molecule has 0 aliphatic heterocycles. The Labute approximate surface area is 170 Å². The van der Waals surface area contributed by atoms with Crippen molar-refractivity contribution in [3.05, 3.63) is 72.0 Å². The number of anilines is 1. The van der Waals surface area contributed by atoms with E-state index in [2.05, 4.69) is 27.3 Å². The number of carbonyl (C=O) groups is 1. The predicted octanol–water partition coefficient (Wildman–Crippen LogP) is 4.76. The Morgan fingerprint density at radius 3 is 2.82 bits per heavy atom. The summed E-state index contributed by atoms with van der Waals surface area (Å²) in [6, 6.07) is 13.4. The number of hydrogen-bond donors (Lipinski definition) is 1. The number of nitrogens with zero attached hydrogens (tertiary/aromatic N) is 4. The van der Waals surface area contributed by atoms with Gasteiger partial charge in [-0.25, -0.2) is 14.6 Å². The van der Waals surface area contributed by atoms with Crippen molar-refractivity contribution in [1.82, 2.24) is 19.7 Å². The Kier molecular flexibility index (Phi) is 5.50. The van der Waals surface area contributed by atoms with E-state index in [1.165, 1.54) is 11.3 Å². The van der Waals surface area contributed by atoms with Gasteiger partial charge in [0.15, 0.2) is 5.13 Å². The Bertz CT molecular complexity index is 1070. The van der Waals surface area contributed by atoms with Gasteiger partial charge in [0.25, 0.3) is 5.91 Å². The second kappa shape index (κ2) is 8.37. The number of rotatable bonds is 6. The highest BCUT2D eigenvalue weighted by Crippen LogP contribution is 2.26. The SMILES string of the molecule is CCSc1cc(C(=O)Nc2nc(-c3ccc(-n4cccn4)cc3)cs2)ccn1. The maximum Gasteiger partial charge on any atom is 0.257 e. The highest BCUT2D eigenvalue weighted by Gasteiger charge is 2.11. The third kappa shape index (κ3) is 4.13. The van der Waals surface area contributed by atoms with Crippen LogP contribution in [0.5, 0.6) is 0 Å². The van der Waals surface area contributed by atoms with Crippen molar-refractivity contribution in [2.45, 2.75) is 11.9 Å². The number of nitrogens with one attached hydrogen (secondary N) is 1. The van der Waals surface area contributed by atoms with Crippen LogP contribution in [0.4, 0.5) is 5.13 Å². The molecule has 1 amide bonds. The first-order valence-electron chi connectivity index (χ1n) is 8.69. The van der Waals surface area contributed by atoms with E-state index in [1.54, 1.807) is 41.0 Å². The first-order valence-corrected chi connectivity index (χ1v) is 10.6. The molecule has 0 bridgehead atoms. The van der Waals surface area contributed by atoms with Gasteiger partial charge in [0.2, 0.25) is 0 Å². The Morgan fingerprint density at radius 1 is 1.21 bits per heavy atom. The second-order valence-electron chi connectivity index (χ2n) is 5.81. The zero-order valence-electron chi connectivity index (χ0n) is 15.1. The minimum Gasteiger partial charge on any atom is -0.298 e. The number of pyridine rings is 1. The van der Waals surface area contributed by atoms with Crippen LogP contribution in [-0.4, -0.2) is 31.4 Å². The van der Waals surface area contributed by atoms with E-state index in [0.29, 0.717) is 10.7 Å². The third-order valence-electron chi connectivity index (χ3n) is 3.95. The first kappa shape index (κ1) is 18.4. The molecule has 28 heavy (non-hydrogen) atoms. The van der Waals surface area contributed by atoms with Gasteiger partial charge >= 0.3 is 0 Å². The number of amides is 1. The van der Waals surface area contributed by atoms with Gasteiger partial charge in [-0.3, -0.25) is 10.1 Å². The van der Waals surface area contributed by atoms with Crippen LogP contribution in [0.25, 0.3) is 16.9 Å². The molecule has 1 N–H and O–H groups in total. The Hall–Kier alpha value is -2.97. The summed E-state index contributed by atoms with van der Waals surface area (Å²) in [4.78, 5) is 21.3. The lowest BCUT2D eigenvalue weighted by molar-refractivity contribution is 0.102. The van der Waals surface area contributed by atoms with E-state index in [0.717, 1.165) is 27.7 Å². The van der Waals surface area contributed by atoms with Gasteiger partial charge in [-0.2, -0.15) is 5.10 Å². The summed E-state index contributed by atoms with van der Waals surface area (Å²) in [5.41, 5.74) is 3.37. The van der Waals surface area contributed by atoms with Crippen LogP contribution in [0.3, 0.4) is 0 Å². The molecule has 0 atom stereocenters. The fourth-order valence-corrected chi connectivity index (χ4v) is 3.97. The summed E-state index contributed by atoms with van der Waals surface area (Å²) < 4.78 is 1.80. The average molecular weight is 408 g/mol. The summed E-state index contributed by atoms with van der Waals surface area (Å²) in [7, 11) is 0. The lowest BCUT2D eigenvalue weighted by atomic mass is 10.1. The molecule has 140 valence electrons. The molecular weight excluding hydrogens is 390 g/mol. The molecule has 1 aromatic carbocycles. The minimum atomic E-state index is -0.185. The predicted molar refractivity (Wildman–Crippen MR) is 113 cm³/mol. The molecule has 0 saturated heterocycles. The van der Waals surface area contributed by atoms with Gasteiger partial charge in [0.05, 0.1) is 16.4 Å². The lowest BCUT2D eigenvalue weighted by Crippen LogP contribution is -2.11. The molecule has 4 rings (SSSR count). The number of hydrogen-bond acceptors (Lipinski definition) is 6. The van der Waals surface area contributed by atoms with Crippen LogP contribution in [0.15, 0.2) is 71.5 Å². The molecule has 0 fully saturated rings. The fraction of sp³-hybridized carbons (Fsp3) is 0.100. The Morgan fingerprint density at radius 2 is 2.07 bits per heavy atom. The molecule has 3 aromatic heterocycles. The van der Waals surface area contributed by atoms with Crippen molar-refractivity contribution in [1.29, 1.82) is 0 Å². The highest BCUT2D eigenvalue weighted by molar-refractivity contribution is 7.99. The summed E-state index contributed by atoms with van der Waals surface area (Å²) in [5, 5.41) is 10.4. The van der Waals surface area contributed by atoms with Gasteiger partial charge in [-0.1, -0.05) is 19.1 Å². The van der Waals surface area contributed by atoms with Crippen LogP contribution >= 0.6 is 23.1 Å². The maximum absolute atomic E-state index is 12.5. The lowest BCUT2D eigenvalue weighted by Gasteiger charge is -2.04.